The van der Waals surface area contributed by atoms with Gasteiger partial charge in [0.15, 0.2) is 14.9 Å². The van der Waals surface area contributed by atoms with E-state index in [1.54, 1.807) is 0 Å². The molecule has 86 valence electrons. The van der Waals surface area contributed by atoms with Crippen molar-refractivity contribution in [3.63, 3.8) is 0 Å². The molecule has 0 aromatic carbocycles. The van der Waals surface area contributed by atoms with Crippen LogP contribution >= 0.6 is 15.9 Å². The predicted octanol–water partition coefficient (Wildman–Crippen LogP) is 0.0830. The van der Waals surface area contributed by atoms with Gasteiger partial charge in [0.2, 0.25) is 10.0 Å². The zero-order valence-electron chi connectivity index (χ0n) is 7.86. The fourth-order valence-electron chi connectivity index (χ4n) is 0.771. The van der Waals surface area contributed by atoms with E-state index in [0.717, 1.165) is 18.0 Å². The molecular formula is C6H14BrNO4S2. The first-order valence-electron chi connectivity index (χ1n) is 3.98. The summed E-state index contributed by atoms with van der Waals surface area (Å²) in [6, 6.07) is 0. The number of hydrogen-bond donors (Lipinski definition) is 1. The molecular weight excluding hydrogens is 294 g/mol. The highest BCUT2D eigenvalue weighted by atomic mass is 79.9. The van der Waals surface area contributed by atoms with Crippen LogP contribution in [0.1, 0.15) is 12.8 Å². The Hall–Kier alpha value is 0.340. The molecule has 1 N–H and O–H groups in total. The summed E-state index contributed by atoms with van der Waals surface area (Å²) in [7, 11) is -7.16. The molecule has 0 unspecified atom stereocenters. The van der Waals surface area contributed by atoms with E-state index in [0.29, 0.717) is 6.42 Å². The lowest BCUT2D eigenvalue weighted by molar-refractivity contribution is 0.578. The molecule has 14 heavy (non-hydrogen) atoms. The molecule has 0 bridgehead atoms. The third-order valence-corrected chi connectivity index (χ3v) is 5.41. The molecule has 0 atom stereocenters. The summed E-state index contributed by atoms with van der Waals surface area (Å²) in [5, 5.41) is -0.0326. The summed E-state index contributed by atoms with van der Waals surface area (Å²) in [5.41, 5.74) is 0. The Morgan fingerprint density at radius 1 is 1.14 bits per heavy atom. The van der Waals surface area contributed by atoms with Crippen molar-refractivity contribution in [3.05, 3.63) is 0 Å². The molecule has 0 spiro atoms. The van der Waals surface area contributed by atoms with Crippen molar-refractivity contribution in [1.29, 1.82) is 0 Å². The van der Waals surface area contributed by atoms with E-state index in [1.807, 2.05) is 0 Å². The maximum absolute atomic E-state index is 11.1. The molecule has 0 rings (SSSR count). The van der Waals surface area contributed by atoms with Crippen LogP contribution in [0.3, 0.4) is 0 Å². The molecule has 0 radical (unpaired) electrons. The van der Waals surface area contributed by atoms with E-state index in [-0.39, 0.29) is 6.54 Å². The van der Waals surface area contributed by atoms with E-state index in [2.05, 4.69) is 20.7 Å². The van der Waals surface area contributed by atoms with Gasteiger partial charge in [0.05, 0.1) is 0 Å². The van der Waals surface area contributed by atoms with Crippen LogP contribution in [-0.4, -0.2) is 40.1 Å². The van der Waals surface area contributed by atoms with Gasteiger partial charge in [-0.05, 0) is 12.8 Å². The van der Waals surface area contributed by atoms with E-state index in [9.17, 15) is 16.8 Å². The Bertz CT molecular complexity index is 348. The van der Waals surface area contributed by atoms with Crippen molar-refractivity contribution in [2.75, 3.05) is 23.2 Å². The fraction of sp³-hybridized carbons (Fsp3) is 1.00. The number of nitrogens with one attached hydrogen (secondary N) is 1. The average molecular weight is 308 g/mol. The van der Waals surface area contributed by atoms with Gasteiger partial charge in [0.25, 0.3) is 0 Å². The number of halogens is 1. The van der Waals surface area contributed by atoms with E-state index in [1.165, 1.54) is 0 Å². The summed E-state index contributed by atoms with van der Waals surface area (Å²) in [5.74, 6) is 0. The van der Waals surface area contributed by atoms with Crippen molar-refractivity contribution in [2.45, 2.75) is 12.8 Å². The molecule has 0 amide bonds. The van der Waals surface area contributed by atoms with Gasteiger partial charge >= 0.3 is 0 Å². The van der Waals surface area contributed by atoms with Crippen LogP contribution in [0.25, 0.3) is 0 Å². The van der Waals surface area contributed by atoms with Gasteiger partial charge in [-0.2, -0.15) is 0 Å². The molecule has 0 aliphatic rings. The second kappa shape index (κ2) is 6.04. The summed E-state index contributed by atoms with van der Waals surface area (Å²) in [6.45, 7) is 0.281. The molecule has 0 saturated heterocycles. The monoisotopic (exact) mass is 307 g/mol. The minimum atomic E-state index is -3.67. The lowest BCUT2D eigenvalue weighted by atomic mass is 10.3. The Balaban J connectivity index is 3.98. The van der Waals surface area contributed by atoms with Crippen molar-refractivity contribution < 1.29 is 16.8 Å². The summed E-state index contributed by atoms with van der Waals surface area (Å²) in [4.78, 5) is 0. The lowest BCUT2D eigenvalue weighted by Gasteiger charge is -2.04. The Morgan fingerprint density at radius 3 is 2.14 bits per heavy atom. The van der Waals surface area contributed by atoms with Crippen LogP contribution in [0, 0.1) is 0 Å². The van der Waals surface area contributed by atoms with Gasteiger partial charge in [0, 0.05) is 18.1 Å². The normalized spacial score (nSPS) is 13.0. The Kier molecular flexibility index (Phi) is 6.19. The minimum Gasteiger partial charge on any atom is -0.228 e. The van der Waals surface area contributed by atoms with Gasteiger partial charge in [-0.15, -0.1) is 0 Å². The lowest BCUT2D eigenvalue weighted by Crippen LogP contribution is -2.30. The number of sulfonamides is 1. The van der Waals surface area contributed by atoms with Gasteiger partial charge in [-0.1, -0.05) is 15.9 Å². The molecule has 0 fully saturated rings. The number of sulfone groups is 1. The standard InChI is InChI=1S/C6H14BrNO4S2/c1-13(9,10)6-14(11,12)8-5-3-2-4-7/h8H,2-6H2,1H3. The molecule has 0 aliphatic heterocycles. The topological polar surface area (TPSA) is 80.3 Å². The van der Waals surface area contributed by atoms with Crippen molar-refractivity contribution >= 4 is 35.8 Å². The zero-order chi connectivity index (χ0) is 11.2. The van der Waals surface area contributed by atoms with Crippen molar-refractivity contribution in [1.82, 2.24) is 4.72 Å². The molecule has 0 aliphatic carbocycles. The first-order chi connectivity index (χ1) is 6.27. The fourth-order valence-corrected chi connectivity index (χ4v) is 4.21. The Morgan fingerprint density at radius 2 is 1.71 bits per heavy atom. The second-order valence-electron chi connectivity index (χ2n) is 2.95. The maximum Gasteiger partial charge on any atom is 0.226 e. The largest absolute Gasteiger partial charge is 0.228 e. The molecule has 8 heteroatoms. The number of unbranched alkanes of at least 4 members (excludes halogenated alkanes) is 1. The van der Waals surface area contributed by atoms with E-state index >= 15 is 0 Å². The predicted molar refractivity (Wildman–Crippen MR) is 59.7 cm³/mol. The number of rotatable bonds is 7. The maximum atomic E-state index is 11.1. The summed E-state index contributed by atoms with van der Waals surface area (Å²) >= 11 is 3.21. The Labute approximate surface area is 93.4 Å². The van der Waals surface area contributed by atoms with Crippen molar-refractivity contribution in [3.8, 4) is 0 Å². The summed E-state index contributed by atoms with van der Waals surface area (Å²) in [6.07, 6.45) is 2.43. The molecule has 0 aromatic heterocycles. The smallest absolute Gasteiger partial charge is 0.226 e. The minimum absolute atomic E-state index is 0.281. The molecule has 0 heterocycles. The molecule has 0 aromatic rings. The van der Waals surface area contributed by atoms with Crippen LogP contribution in [0.15, 0.2) is 0 Å². The van der Waals surface area contributed by atoms with Gasteiger partial charge in [-0.25, -0.2) is 21.6 Å². The van der Waals surface area contributed by atoms with Crippen LogP contribution < -0.4 is 4.72 Å². The van der Waals surface area contributed by atoms with Gasteiger partial charge in [-0.3, -0.25) is 0 Å². The van der Waals surface area contributed by atoms with Crippen LogP contribution in [0.2, 0.25) is 0 Å². The number of hydrogen-bond acceptors (Lipinski definition) is 4. The first kappa shape index (κ1) is 14.3. The SMILES string of the molecule is CS(=O)(=O)CS(=O)(=O)NCCCCBr. The molecule has 0 saturated carbocycles. The molecule has 5 nitrogen and oxygen atoms in total. The first-order valence-corrected chi connectivity index (χ1v) is 8.81. The number of alkyl halides is 1. The van der Waals surface area contributed by atoms with Crippen LogP contribution in [-0.2, 0) is 19.9 Å². The van der Waals surface area contributed by atoms with Gasteiger partial charge < -0.3 is 0 Å². The quantitative estimate of drug-likeness (QED) is 0.534. The van der Waals surface area contributed by atoms with Gasteiger partial charge in [0.1, 0.15) is 0 Å². The van der Waals surface area contributed by atoms with Crippen LogP contribution in [0.5, 0.6) is 0 Å². The second-order valence-corrected chi connectivity index (χ2v) is 8.05. The third-order valence-electron chi connectivity index (χ3n) is 1.25. The van der Waals surface area contributed by atoms with E-state index < -0.39 is 24.9 Å². The van der Waals surface area contributed by atoms with Crippen molar-refractivity contribution in [2.24, 2.45) is 0 Å². The third kappa shape index (κ3) is 8.92. The van der Waals surface area contributed by atoms with E-state index in [4.69, 9.17) is 0 Å². The van der Waals surface area contributed by atoms with Crippen LogP contribution in [0.4, 0.5) is 0 Å². The summed E-state index contributed by atoms with van der Waals surface area (Å²) < 4.78 is 45.9. The highest BCUT2D eigenvalue weighted by Gasteiger charge is 2.16. The highest BCUT2D eigenvalue weighted by Crippen LogP contribution is 1.95. The average Bonchev–Trinajstić information content (AvgIpc) is 1.93. The zero-order valence-corrected chi connectivity index (χ0v) is 11.1. The highest BCUT2D eigenvalue weighted by molar-refractivity contribution is 9.09.